The Morgan fingerprint density at radius 3 is 2.80 bits per heavy atom. The highest BCUT2D eigenvalue weighted by atomic mass is 16.2. The van der Waals surface area contributed by atoms with Gasteiger partial charge in [-0.2, -0.15) is 5.10 Å². The van der Waals surface area contributed by atoms with Crippen LogP contribution in [-0.2, 0) is 11.3 Å². The molecule has 1 atom stereocenters. The number of nitrogens with one attached hydrogen (secondary N) is 1. The smallest absolute Gasteiger partial charge is 0.240 e. The van der Waals surface area contributed by atoms with Gasteiger partial charge in [0.15, 0.2) is 0 Å². The average Bonchev–Trinajstić information content (AvgIpc) is 2.91. The Hall–Kier alpha value is -1.36. The number of piperazine rings is 1. The van der Waals surface area contributed by atoms with Gasteiger partial charge in [-0.05, 0) is 25.3 Å². The fourth-order valence-corrected chi connectivity index (χ4v) is 2.79. The molecular weight excluding hydrogens is 252 g/mol. The van der Waals surface area contributed by atoms with E-state index in [1.165, 1.54) is 0 Å². The Labute approximate surface area is 121 Å². The summed E-state index contributed by atoms with van der Waals surface area (Å²) < 4.78 is 2.04. The monoisotopic (exact) mass is 278 g/mol. The zero-order chi connectivity index (χ0) is 14.5. The molecule has 0 saturated carbocycles. The third kappa shape index (κ3) is 3.20. The fourth-order valence-electron chi connectivity index (χ4n) is 2.79. The van der Waals surface area contributed by atoms with Gasteiger partial charge in [0.25, 0.3) is 0 Å². The Bertz CT molecular complexity index is 439. The molecule has 1 N–H and O–H groups in total. The number of amides is 1. The van der Waals surface area contributed by atoms with Gasteiger partial charge < -0.3 is 10.2 Å². The van der Waals surface area contributed by atoms with Crippen LogP contribution in [0.15, 0.2) is 12.3 Å². The first-order valence-corrected chi connectivity index (χ1v) is 7.75. The maximum absolute atomic E-state index is 12.2. The van der Waals surface area contributed by atoms with Crippen LogP contribution in [-0.4, -0.2) is 39.7 Å². The van der Waals surface area contributed by atoms with Crippen molar-refractivity contribution in [3.63, 3.8) is 0 Å². The highest BCUT2D eigenvalue weighted by Gasteiger charge is 2.27. The third-order valence-electron chi connectivity index (χ3n) is 4.12. The summed E-state index contributed by atoms with van der Waals surface area (Å²) in [6, 6.07) is 2.48. The summed E-state index contributed by atoms with van der Waals surface area (Å²) in [7, 11) is 0. The molecule has 0 radical (unpaired) electrons. The highest BCUT2D eigenvalue weighted by Crippen LogP contribution is 2.16. The zero-order valence-electron chi connectivity index (χ0n) is 12.8. The maximum atomic E-state index is 12.2. The number of aromatic nitrogens is 2. The van der Waals surface area contributed by atoms with Crippen LogP contribution in [0.25, 0.3) is 0 Å². The number of nitrogens with zero attached hydrogens (tertiary/aromatic N) is 3. The van der Waals surface area contributed by atoms with Gasteiger partial charge in [0.05, 0.1) is 24.3 Å². The summed E-state index contributed by atoms with van der Waals surface area (Å²) in [5.41, 5.74) is 0.988. The first-order valence-electron chi connectivity index (χ1n) is 7.75. The fraction of sp³-hybridized carbons (Fsp3) is 0.733. The van der Waals surface area contributed by atoms with Crippen LogP contribution in [0.4, 0.5) is 0 Å². The lowest BCUT2D eigenvalue weighted by atomic mass is 10.1. The van der Waals surface area contributed by atoms with Crippen LogP contribution in [0.1, 0.15) is 51.8 Å². The van der Waals surface area contributed by atoms with E-state index in [0.29, 0.717) is 12.6 Å². The van der Waals surface area contributed by atoms with E-state index in [9.17, 15) is 4.79 Å². The van der Waals surface area contributed by atoms with E-state index in [-0.39, 0.29) is 11.9 Å². The van der Waals surface area contributed by atoms with E-state index in [2.05, 4.69) is 24.3 Å². The second-order valence-electron chi connectivity index (χ2n) is 5.43. The molecule has 0 spiro atoms. The standard InChI is InChI=1S/C15H26N4O/c1-4-13(5-2)19-9-7-12(17-19)11-18-10-8-16-14(6-3)15(18)20/h7,9,13-14,16H,4-6,8,10-11H2,1-3H3. The first-order chi connectivity index (χ1) is 9.69. The predicted molar refractivity (Wildman–Crippen MR) is 79.3 cm³/mol. The minimum absolute atomic E-state index is 0.0233. The quantitative estimate of drug-likeness (QED) is 0.865. The molecule has 1 fully saturated rings. The van der Waals surface area contributed by atoms with E-state index < -0.39 is 0 Å². The molecule has 1 aliphatic rings. The van der Waals surface area contributed by atoms with Gasteiger partial charge in [-0.15, -0.1) is 0 Å². The number of rotatable bonds is 6. The van der Waals surface area contributed by atoms with Gasteiger partial charge in [0.2, 0.25) is 5.91 Å². The summed E-state index contributed by atoms with van der Waals surface area (Å²) in [4.78, 5) is 14.2. The van der Waals surface area contributed by atoms with Crippen molar-refractivity contribution in [3.8, 4) is 0 Å². The Morgan fingerprint density at radius 2 is 2.15 bits per heavy atom. The molecular formula is C15H26N4O. The molecule has 5 heteroatoms. The van der Waals surface area contributed by atoms with Crippen molar-refractivity contribution >= 4 is 5.91 Å². The molecule has 20 heavy (non-hydrogen) atoms. The predicted octanol–water partition coefficient (Wildman–Crippen LogP) is 1.95. The molecule has 1 unspecified atom stereocenters. The molecule has 0 aromatic carbocycles. The van der Waals surface area contributed by atoms with Crippen LogP contribution >= 0.6 is 0 Å². The van der Waals surface area contributed by atoms with Crippen molar-refractivity contribution in [1.29, 1.82) is 0 Å². The number of carbonyl (C=O) groups excluding carboxylic acids is 1. The maximum Gasteiger partial charge on any atom is 0.240 e. The highest BCUT2D eigenvalue weighted by molar-refractivity contribution is 5.82. The molecule has 112 valence electrons. The van der Waals surface area contributed by atoms with Crippen LogP contribution in [0, 0.1) is 0 Å². The van der Waals surface area contributed by atoms with E-state index in [1.807, 2.05) is 28.8 Å². The molecule has 1 amide bonds. The average molecular weight is 278 g/mol. The minimum Gasteiger partial charge on any atom is -0.334 e. The van der Waals surface area contributed by atoms with Gasteiger partial charge in [0, 0.05) is 19.3 Å². The van der Waals surface area contributed by atoms with Crippen molar-refractivity contribution in [2.24, 2.45) is 0 Å². The molecule has 2 rings (SSSR count). The van der Waals surface area contributed by atoms with Crippen molar-refractivity contribution in [2.75, 3.05) is 13.1 Å². The molecule has 5 nitrogen and oxygen atoms in total. The minimum atomic E-state index is -0.0233. The van der Waals surface area contributed by atoms with Gasteiger partial charge in [-0.25, -0.2) is 0 Å². The number of carbonyl (C=O) groups is 1. The van der Waals surface area contributed by atoms with E-state index in [0.717, 1.165) is 38.0 Å². The largest absolute Gasteiger partial charge is 0.334 e. The molecule has 1 aromatic rings. The van der Waals surface area contributed by atoms with Crippen LogP contribution in [0.5, 0.6) is 0 Å². The molecule has 1 saturated heterocycles. The second-order valence-corrected chi connectivity index (χ2v) is 5.43. The Morgan fingerprint density at radius 1 is 1.40 bits per heavy atom. The molecule has 2 heterocycles. The molecule has 1 aromatic heterocycles. The zero-order valence-corrected chi connectivity index (χ0v) is 12.8. The normalized spacial score (nSPS) is 19.9. The molecule has 1 aliphatic heterocycles. The van der Waals surface area contributed by atoms with Crippen LogP contribution in [0.2, 0.25) is 0 Å². The molecule has 0 bridgehead atoms. The van der Waals surface area contributed by atoms with Crippen molar-refractivity contribution in [1.82, 2.24) is 20.0 Å². The van der Waals surface area contributed by atoms with Gasteiger partial charge in [0.1, 0.15) is 0 Å². The summed E-state index contributed by atoms with van der Waals surface area (Å²) in [6.07, 6.45) is 5.05. The van der Waals surface area contributed by atoms with Crippen LogP contribution < -0.4 is 5.32 Å². The third-order valence-corrected chi connectivity index (χ3v) is 4.12. The lowest BCUT2D eigenvalue weighted by molar-refractivity contribution is -0.136. The lowest BCUT2D eigenvalue weighted by Crippen LogP contribution is -2.54. The topological polar surface area (TPSA) is 50.2 Å². The van der Waals surface area contributed by atoms with E-state index in [4.69, 9.17) is 0 Å². The Balaban J connectivity index is 2.01. The SMILES string of the molecule is CCC1NCCN(Cc2ccn(C(CC)CC)n2)C1=O. The Kier molecular flexibility index (Phi) is 5.17. The van der Waals surface area contributed by atoms with Gasteiger partial charge in [-0.3, -0.25) is 9.48 Å². The second kappa shape index (κ2) is 6.88. The lowest BCUT2D eigenvalue weighted by Gasteiger charge is -2.32. The molecule has 0 aliphatic carbocycles. The summed E-state index contributed by atoms with van der Waals surface area (Å²) in [5.74, 6) is 0.204. The van der Waals surface area contributed by atoms with Crippen LogP contribution in [0.3, 0.4) is 0 Å². The van der Waals surface area contributed by atoms with Gasteiger partial charge >= 0.3 is 0 Å². The number of hydrogen-bond donors (Lipinski definition) is 1. The van der Waals surface area contributed by atoms with Crippen molar-refractivity contribution in [3.05, 3.63) is 18.0 Å². The summed E-state index contributed by atoms with van der Waals surface area (Å²) >= 11 is 0. The van der Waals surface area contributed by atoms with Crippen molar-refractivity contribution < 1.29 is 4.79 Å². The first kappa shape index (κ1) is 15.0. The number of hydrogen-bond acceptors (Lipinski definition) is 3. The van der Waals surface area contributed by atoms with E-state index in [1.54, 1.807) is 0 Å². The summed E-state index contributed by atoms with van der Waals surface area (Å²) in [6.45, 7) is 8.68. The van der Waals surface area contributed by atoms with Crippen molar-refractivity contribution in [2.45, 2.75) is 58.7 Å². The summed E-state index contributed by atoms with van der Waals surface area (Å²) in [5, 5.41) is 7.89. The van der Waals surface area contributed by atoms with E-state index >= 15 is 0 Å². The van der Waals surface area contributed by atoms with Gasteiger partial charge in [-0.1, -0.05) is 20.8 Å².